The van der Waals surface area contributed by atoms with Crippen molar-refractivity contribution in [3.05, 3.63) is 0 Å². The second kappa shape index (κ2) is 16.4. The highest BCUT2D eigenvalue weighted by Crippen LogP contribution is 2.57. The summed E-state index contributed by atoms with van der Waals surface area (Å²) in [7, 11) is -4.29. The fourth-order valence-corrected chi connectivity index (χ4v) is 5.07. The predicted octanol–water partition coefficient (Wildman–Crippen LogP) is 1.44. The molecule has 1 saturated heterocycles. The summed E-state index contributed by atoms with van der Waals surface area (Å²) in [5.74, 6) is -1.23. The van der Waals surface area contributed by atoms with Crippen molar-refractivity contribution in [1.29, 1.82) is 0 Å². The van der Waals surface area contributed by atoms with Crippen molar-refractivity contribution in [1.82, 2.24) is 16.0 Å². The number of thioether (sulfide) groups is 1. The van der Waals surface area contributed by atoms with Crippen molar-refractivity contribution in [2.24, 2.45) is 17.1 Å². The standard InChI is InChI=1S/C24H43N4O11PS/c1-15(2)18(25)21(32)35-13-24(6,7)28-22(33)36-14-38-40(34)37-12-23(4,5)19(39-40)20(31)27-9-8-17(30)26-10-11-41-16(3)29/h15,18-19H,8-14,25H2,1-7H3,(H,26,30)(H,27,31)(H,28,33)/t18-,19-,40?/m0/s1. The topological polar surface area (TPSA) is 211 Å². The van der Waals surface area contributed by atoms with Crippen LogP contribution < -0.4 is 21.7 Å². The van der Waals surface area contributed by atoms with Gasteiger partial charge in [-0.1, -0.05) is 39.5 Å². The van der Waals surface area contributed by atoms with Crippen LogP contribution in [0.4, 0.5) is 4.79 Å². The first-order valence-corrected chi connectivity index (χ1v) is 15.4. The monoisotopic (exact) mass is 626 g/mol. The molecule has 0 aromatic heterocycles. The maximum absolute atomic E-state index is 13.0. The fraction of sp³-hybridized carbons (Fsp3) is 0.792. The van der Waals surface area contributed by atoms with Crippen LogP contribution in [0, 0.1) is 11.3 Å². The number of ether oxygens (including phenoxy) is 2. The Kier molecular flexibility index (Phi) is 14.7. The summed E-state index contributed by atoms with van der Waals surface area (Å²) in [5, 5.41) is 7.63. The molecule has 41 heavy (non-hydrogen) atoms. The second-order valence-corrected chi connectivity index (χ2v) is 13.9. The van der Waals surface area contributed by atoms with E-state index in [0.29, 0.717) is 12.3 Å². The van der Waals surface area contributed by atoms with Crippen LogP contribution in [0.5, 0.6) is 0 Å². The Labute approximate surface area is 244 Å². The van der Waals surface area contributed by atoms with Gasteiger partial charge in [0, 0.05) is 37.6 Å². The maximum Gasteiger partial charge on any atom is 0.478 e. The smallest absolute Gasteiger partial charge is 0.462 e. The van der Waals surface area contributed by atoms with Gasteiger partial charge < -0.3 is 31.2 Å². The number of rotatable bonds is 15. The lowest BCUT2D eigenvalue weighted by atomic mass is 9.87. The number of alkyl carbamates (subject to hydrolysis) is 1. The first-order valence-electron chi connectivity index (χ1n) is 13.0. The first kappa shape index (κ1) is 36.8. The van der Waals surface area contributed by atoms with Gasteiger partial charge >= 0.3 is 19.9 Å². The molecule has 17 heteroatoms. The summed E-state index contributed by atoms with van der Waals surface area (Å²) in [6.07, 6.45) is -2.23. The molecule has 1 aliphatic rings. The molecule has 5 N–H and O–H groups in total. The highest BCUT2D eigenvalue weighted by atomic mass is 32.2. The van der Waals surface area contributed by atoms with Crippen LogP contribution in [0.3, 0.4) is 0 Å². The van der Waals surface area contributed by atoms with Crippen LogP contribution in [-0.4, -0.2) is 85.5 Å². The fourth-order valence-electron chi connectivity index (χ4n) is 3.07. The van der Waals surface area contributed by atoms with Crippen molar-refractivity contribution >= 4 is 48.6 Å². The number of amides is 3. The van der Waals surface area contributed by atoms with Crippen molar-refractivity contribution in [2.75, 3.05) is 38.8 Å². The Bertz CT molecular complexity index is 993. The van der Waals surface area contributed by atoms with E-state index in [-0.39, 0.29) is 43.1 Å². The van der Waals surface area contributed by atoms with Crippen molar-refractivity contribution in [3.8, 4) is 0 Å². The third-order valence-corrected chi connectivity index (χ3v) is 7.72. The van der Waals surface area contributed by atoms with E-state index in [1.807, 2.05) is 0 Å². The zero-order valence-corrected chi connectivity index (χ0v) is 26.3. The lowest BCUT2D eigenvalue weighted by Gasteiger charge is -2.39. The van der Waals surface area contributed by atoms with E-state index in [2.05, 4.69) is 16.0 Å². The van der Waals surface area contributed by atoms with Gasteiger partial charge in [-0.25, -0.2) is 13.9 Å². The molecule has 0 spiro atoms. The Morgan fingerprint density at radius 1 is 1.12 bits per heavy atom. The molecule has 1 heterocycles. The number of phosphoric acid groups is 1. The zero-order valence-electron chi connectivity index (χ0n) is 24.6. The summed E-state index contributed by atoms with van der Waals surface area (Å²) >= 11 is 1.09. The minimum absolute atomic E-state index is 0.00966. The Hall–Kier alpha value is -2.23. The molecule has 1 aliphatic heterocycles. The molecular formula is C24H43N4O11PS. The molecule has 0 saturated carbocycles. The van der Waals surface area contributed by atoms with Crippen molar-refractivity contribution < 1.29 is 51.6 Å². The highest BCUT2D eigenvalue weighted by Gasteiger charge is 2.49. The molecule has 1 rings (SSSR count). The quantitative estimate of drug-likeness (QED) is 0.0878. The summed E-state index contributed by atoms with van der Waals surface area (Å²) in [5.41, 5.74) is 3.82. The number of carbonyl (C=O) groups is 5. The Morgan fingerprint density at radius 2 is 1.78 bits per heavy atom. The molecular weight excluding hydrogens is 583 g/mol. The number of carbonyl (C=O) groups excluding carboxylic acids is 5. The molecule has 1 unspecified atom stereocenters. The van der Waals surface area contributed by atoms with Gasteiger partial charge in [0.25, 0.3) is 0 Å². The average Bonchev–Trinajstić information content (AvgIpc) is 2.86. The van der Waals surface area contributed by atoms with Crippen LogP contribution in [0.2, 0.25) is 0 Å². The molecule has 0 bridgehead atoms. The molecule has 1 fully saturated rings. The van der Waals surface area contributed by atoms with Gasteiger partial charge in [-0.05, 0) is 19.8 Å². The minimum atomic E-state index is -4.29. The average molecular weight is 627 g/mol. The largest absolute Gasteiger partial charge is 0.478 e. The highest BCUT2D eigenvalue weighted by molar-refractivity contribution is 8.13. The van der Waals surface area contributed by atoms with Crippen molar-refractivity contribution in [2.45, 2.75) is 72.6 Å². The van der Waals surface area contributed by atoms with E-state index in [4.69, 9.17) is 28.8 Å². The minimum Gasteiger partial charge on any atom is -0.462 e. The van der Waals surface area contributed by atoms with E-state index in [0.717, 1.165) is 11.8 Å². The second-order valence-electron chi connectivity index (χ2n) is 11.0. The maximum atomic E-state index is 13.0. The molecule has 0 aliphatic carbocycles. The Balaban J connectivity index is 2.51. The van der Waals surface area contributed by atoms with Crippen LogP contribution in [0.1, 0.15) is 54.9 Å². The molecule has 3 amide bonds. The van der Waals surface area contributed by atoms with Crippen LogP contribution >= 0.6 is 19.6 Å². The lowest BCUT2D eigenvalue weighted by Crippen LogP contribution is -2.50. The third kappa shape index (κ3) is 14.0. The number of phosphoric ester groups is 1. The normalized spacial score (nSPS) is 21.0. The number of hydrogen-bond acceptors (Lipinski definition) is 13. The van der Waals surface area contributed by atoms with Crippen molar-refractivity contribution in [3.63, 3.8) is 0 Å². The number of hydrogen-bond donors (Lipinski definition) is 4. The first-order chi connectivity index (χ1) is 18.9. The van der Waals surface area contributed by atoms with E-state index >= 15 is 0 Å². The predicted molar refractivity (Wildman–Crippen MR) is 149 cm³/mol. The Morgan fingerprint density at radius 3 is 2.39 bits per heavy atom. The van der Waals surface area contributed by atoms with Crippen LogP contribution in [0.15, 0.2) is 0 Å². The summed E-state index contributed by atoms with van der Waals surface area (Å²) < 4.78 is 38.7. The molecule has 0 radical (unpaired) electrons. The van der Waals surface area contributed by atoms with Gasteiger partial charge in [0.2, 0.25) is 18.6 Å². The van der Waals surface area contributed by atoms with Gasteiger partial charge in [0.1, 0.15) is 12.6 Å². The molecule has 15 nitrogen and oxygen atoms in total. The number of nitrogens with one attached hydrogen (secondary N) is 3. The van der Waals surface area contributed by atoms with E-state index in [1.54, 1.807) is 41.5 Å². The lowest BCUT2D eigenvalue weighted by molar-refractivity contribution is -0.148. The summed E-state index contributed by atoms with van der Waals surface area (Å²) in [6.45, 7) is 10.6. The zero-order chi connectivity index (χ0) is 31.4. The number of nitrogens with two attached hydrogens (primary N) is 1. The molecule has 3 atom stereocenters. The van der Waals surface area contributed by atoms with E-state index in [9.17, 15) is 28.5 Å². The van der Waals surface area contributed by atoms with E-state index in [1.165, 1.54) is 6.92 Å². The SMILES string of the molecule is CC(=O)SCCNC(=O)CCNC(=O)[C@@H]1OP(=O)(OCOC(=O)NC(C)(C)COC(=O)[C@@H](N)C(C)C)OCC1(C)C. The van der Waals surface area contributed by atoms with Gasteiger partial charge in [0.05, 0.1) is 12.1 Å². The summed E-state index contributed by atoms with van der Waals surface area (Å²) in [6, 6.07) is -0.803. The van der Waals surface area contributed by atoms with E-state index < -0.39 is 55.7 Å². The van der Waals surface area contributed by atoms with Gasteiger partial charge in [-0.15, -0.1) is 0 Å². The van der Waals surface area contributed by atoms with Crippen LogP contribution in [-0.2, 0) is 46.8 Å². The van der Waals surface area contributed by atoms with Crippen LogP contribution in [0.25, 0.3) is 0 Å². The molecule has 236 valence electrons. The van der Waals surface area contributed by atoms with Gasteiger partial charge in [-0.3, -0.25) is 28.2 Å². The van der Waals surface area contributed by atoms with Gasteiger partial charge in [-0.2, -0.15) is 0 Å². The third-order valence-electron chi connectivity index (χ3n) is 5.56. The molecule has 0 aromatic rings. The molecule has 0 aromatic carbocycles. The number of esters is 1. The van der Waals surface area contributed by atoms with Gasteiger partial charge in [0.15, 0.2) is 11.2 Å². The summed E-state index contributed by atoms with van der Waals surface area (Å²) in [4.78, 5) is 59.7.